The molecule has 5 heteroatoms. The van der Waals surface area contributed by atoms with E-state index >= 15 is 4.57 Å². The summed E-state index contributed by atoms with van der Waals surface area (Å²) in [4.78, 5) is 0. The van der Waals surface area contributed by atoms with E-state index in [1.54, 1.807) is 5.57 Å². The summed E-state index contributed by atoms with van der Waals surface area (Å²) in [5.41, 5.74) is 2.18. The summed E-state index contributed by atoms with van der Waals surface area (Å²) >= 11 is 0. The van der Waals surface area contributed by atoms with Gasteiger partial charge >= 0.3 is 0 Å². The third-order valence-electron chi connectivity index (χ3n) is 13.5. The summed E-state index contributed by atoms with van der Waals surface area (Å²) in [6.07, 6.45) is 13.8. The van der Waals surface area contributed by atoms with E-state index < -0.39 is 15.5 Å². The first-order chi connectivity index (χ1) is 21.2. The van der Waals surface area contributed by atoms with Gasteiger partial charge in [-0.2, -0.15) is 0 Å². The molecule has 4 aliphatic rings. The first kappa shape index (κ1) is 33.4. The van der Waals surface area contributed by atoms with Gasteiger partial charge in [-0.25, -0.2) is 0 Å². The molecule has 6 rings (SSSR count). The minimum Gasteiger partial charge on any atom is -0.414 e. The number of hydrogen-bond acceptors (Lipinski definition) is 3. The van der Waals surface area contributed by atoms with Gasteiger partial charge < -0.3 is 13.7 Å². The van der Waals surface area contributed by atoms with Gasteiger partial charge in [-0.3, -0.25) is 0 Å². The van der Waals surface area contributed by atoms with Crippen molar-refractivity contribution in [2.75, 3.05) is 13.3 Å². The molecule has 0 heterocycles. The van der Waals surface area contributed by atoms with Gasteiger partial charge in [0.1, 0.15) is 7.14 Å². The van der Waals surface area contributed by atoms with Crippen molar-refractivity contribution < 1.29 is 13.7 Å². The molecule has 0 N–H and O–H groups in total. The van der Waals surface area contributed by atoms with Gasteiger partial charge in [0.2, 0.25) is 0 Å². The van der Waals surface area contributed by atoms with E-state index in [1.807, 2.05) is 43.5 Å². The first-order valence-corrected chi connectivity index (χ1v) is 22.6. The zero-order valence-electron chi connectivity index (χ0n) is 29.4. The van der Waals surface area contributed by atoms with Crippen LogP contribution < -0.4 is 10.6 Å². The van der Waals surface area contributed by atoms with E-state index in [1.165, 1.54) is 44.9 Å². The van der Waals surface area contributed by atoms with Gasteiger partial charge in [0.25, 0.3) is 0 Å². The second-order valence-corrected chi connectivity index (χ2v) is 24.8. The smallest absolute Gasteiger partial charge is 0.192 e. The van der Waals surface area contributed by atoms with Crippen molar-refractivity contribution in [1.82, 2.24) is 0 Å². The Balaban J connectivity index is 1.20. The van der Waals surface area contributed by atoms with Crippen molar-refractivity contribution in [1.29, 1.82) is 0 Å². The maximum Gasteiger partial charge on any atom is 0.192 e. The highest BCUT2D eigenvalue weighted by atomic mass is 31.2. The van der Waals surface area contributed by atoms with Crippen LogP contribution in [0.15, 0.2) is 72.3 Å². The highest BCUT2D eigenvalue weighted by molar-refractivity contribution is 7.78. The van der Waals surface area contributed by atoms with Crippen LogP contribution in [0.1, 0.15) is 86.0 Å². The molecule has 0 bridgehead atoms. The molecule has 8 atom stereocenters. The zero-order valence-corrected chi connectivity index (χ0v) is 31.2. The summed E-state index contributed by atoms with van der Waals surface area (Å²) in [5.74, 6) is 2.32. The van der Waals surface area contributed by atoms with E-state index in [-0.39, 0.29) is 22.0 Å². The number of ether oxygens (including phenoxy) is 1. The van der Waals surface area contributed by atoms with Crippen LogP contribution in [0, 0.1) is 34.5 Å². The van der Waals surface area contributed by atoms with Gasteiger partial charge in [-0.15, -0.1) is 0 Å². The van der Waals surface area contributed by atoms with Crippen molar-refractivity contribution in [2.24, 2.45) is 34.5 Å². The summed E-state index contributed by atoms with van der Waals surface area (Å²) in [6.45, 7) is 16.8. The Morgan fingerprint density at radius 2 is 1.62 bits per heavy atom. The molecule has 0 amide bonds. The Morgan fingerprint density at radius 3 is 2.20 bits per heavy atom. The molecule has 2 aromatic rings. The van der Waals surface area contributed by atoms with Crippen LogP contribution in [0.5, 0.6) is 0 Å². The van der Waals surface area contributed by atoms with E-state index in [0.717, 1.165) is 29.1 Å². The Bertz CT molecular complexity index is 1370. The number of rotatable bonds is 10. The molecule has 4 aliphatic carbocycles. The largest absolute Gasteiger partial charge is 0.414 e. The highest BCUT2D eigenvalue weighted by Gasteiger charge is 2.65. The van der Waals surface area contributed by atoms with E-state index in [9.17, 15) is 0 Å². The van der Waals surface area contributed by atoms with Crippen molar-refractivity contribution in [3.63, 3.8) is 0 Å². The van der Waals surface area contributed by atoms with Crippen molar-refractivity contribution in [2.45, 2.75) is 116 Å². The quantitative estimate of drug-likeness (QED) is 0.146. The van der Waals surface area contributed by atoms with Gasteiger partial charge in [0, 0.05) is 35.4 Å². The lowest BCUT2D eigenvalue weighted by Gasteiger charge is -2.45. The molecular formula is C40H59O3PSi. The highest BCUT2D eigenvalue weighted by Crippen LogP contribution is 2.68. The molecule has 0 spiro atoms. The van der Waals surface area contributed by atoms with Crippen LogP contribution in [0.2, 0.25) is 18.1 Å². The average Bonchev–Trinajstić information content (AvgIpc) is 3.37. The molecule has 0 saturated heterocycles. The SMILES string of the molecule is COC(/C=C1\CCC[C@@]2(C)C1CCC2[C@H](C)CP(=O)(c1ccccc1)c1ccccc1)C12CC1C[C@H](O[Si](C)(C)C(C)(C)C)C2. The van der Waals surface area contributed by atoms with Crippen LogP contribution in [-0.2, 0) is 13.7 Å². The third kappa shape index (κ3) is 6.05. The predicted octanol–water partition coefficient (Wildman–Crippen LogP) is 9.98. The fraction of sp³-hybridized carbons (Fsp3) is 0.650. The van der Waals surface area contributed by atoms with Crippen molar-refractivity contribution in [3.05, 3.63) is 72.3 Å². The molecular weight excluding hydrogens is 587 g/mol. The minimum absolute atomic E-state index is 0.195. The topological polar surface area (TPSA) is 35.5 Å². The van der Waals surface area contributed by atoms with Crippen molar-refractivity contribution >= 4 is 26.1 Å². The summed E-state index contributed by atoms with van der Waals surface area (Å²) < 4.78 is 28.3. The predicted molar refractivity (Wildman–Crippen MR) is 193 cm³/mol. The average molecular weight is 647 g/mol. The molecule has 0 aliphatic heterocycles. The fourth-order valence-corrected chi connectivity index (χ4v) is 14.5. The van der Waals surface area contributed by atoms with E-state index in [2.05, 4.69) is 78.1 Å². The molecule has 0 radical (unpaired) electrons. The van der Waals surface area contributed by atoms with Gasteiger partial charge in [0.05, 0.1) is 6.10 Å². The molecule has 3 nitrogen and oxygen atoms in total. The third-order valence-corrected chi connectivity index (χ3v) is 21.4. The second-order valence-electron chi connectivity index (χ2n) is 17.1. The lowest BCUT2D eigenvalue weighted by molar-refractivity contribution is 0.0568. The minimum atomic E-state index is -2.75. The lowest BCUT2D eigenvalue weighted by atomic mass is 9.61. The molecule has 5 unspecified atom stereocenters. The first-order valence-electron chi connectivity index (χ1n) is 17.8. The number of methoxy groups -OCH3 is 1. The zero-order chi connectivity index (χ0) is 32.3. The van der Waals surface area contributed by atoms with Crippen LogP contribution in [0.4, 0.5) is 0 Å². The summed E-state index contributed by atoms with van der Waals surface area (Å²) in [6, 6.07) is 20.6. The Kier molecular flexibility index (Phi) is 9.08. The van der Waals surface area contributed by atoms with Crippen LogP contribution >= 0.6 is 7.14 Å². The van der Waals surface area contributed by atoms with Crippen LogP contribution in [0.25, 0.3) is 0 Å². The van der Waals surface area contributed by atoms with Crippen molar-refractivity contribution in [3.8, 4) is 0 Å². The Hall–Kier alpha value is -1.45. The molecule has 2 aromatic carbocycles. The standard InChI is InChI=1S/C40H59O3PSi/c1-29(28-44(41,33-17-11-9-12-18-33)34-19-13-10-14-20-34)35-21-22-36-30(16-15-23-39(35,36)5)24-37(42-6)40-26-31(40)25-32(27-40)43-45(7,8)38(2,3)4/h9-14,17-20,24,29,31-32,35-37H,15-16,21-23,25-28H2,1-8H3/b30-24+/t29-,31?,32+,35?,36?,37?,39-,40?/m1/s1. The maximum absolute atomic E-state index is 15.0. The van der Waals surface area contributed by atoms with E-state index in [4.69, 9.17) is 9.16 Å². The lowest BCUT2D eigenvalue weighted by Crippen LogP contribution is -2.44. The van der Waals surface area contributed by atoms with Gasteiger partial charge in [0.15, 0.2) is 8.32 Å². The molecule has 0 aromatic heterocycles. The Morgan fingerprint density at radius 1 is 1.00 bits per heavy atom. The normalized spacial score (nSPS) is 33.9. The van der Waals surface area contributed by atoms with Gasteiger partial charge in [-0.05, 0) is 98.6 Å². The molecule has 246 valence electrons. The van der Waals surface area contributed by atoms with E-state index in [0.29, 0.717) is 23.9 Å². The fourth-order valence-electron chi connectivity index (χ4n) is 10.0. The molecule has 45 heavy (non-hydrogen) atoms. The molecule has 4 saturated carbocycles. The monoisotopic (exact) mass is 646 g/mol. The van der Waals surface area contributed by atoms with Crippen LogP contribution in [0.3, 0.4) is 0 Å². The summed E-state index contributed by atoms with van der Waals surface area (Å²) in [5, 5.41) is 2.25. The maximum atomic E-state index is 15.0. The Labute approximate surface area is 275 Å². The number of fused-ring (bicyclic) bond motifs is 2. The van der Waals surface area contributed by atoms with Crippen LogP contribution in [-0.4, -0.2) is 33.8 Å². The number of hydrogen-bond donors (Lipinski definition) is 0. The second kappa shape index (κ2) is 12.2. The molecule has 4 fully saturated rings. The number of allylic oxidation sites excluding steroid dienone is 1. The van der Waals surface area contributed by atoms with Gasteiger partial charge in [-0.1, -0.05) is 107 Å². The number of benzene rings is 2. The summed E-state index contributed by atoms with van der Waals surface area (Å²) in [7, 11) is -2.58.